The number of hydrogen-bond donors (Lipinski definition) is 1. The molecule has 1 N–H and O–H groups in total. The van der Waals surface area contributed by atoms with Crippen molar-refractivity contribution < 1.29 is 0 Å². The van der Waals surface area contributed by atoms with Crippen molar-refractivity contribution in [2.45, 2.75) is 72.0 Å². The van der Waals surface area contributed by atoms with Crippen molar-refractivity contribution in [2.75, 3.05) is 12.7 Å². The average Bonchev–Trinajstić information content (AvgIpc) is 2.21. The van der Waals surface area contributed by atoms with Crippen LogP contribution in [0.2, 0.25) is 16.6 Å². The van der Waals surface area contributed by atoms with Crippen molar-refractivity contribution in [3.05, 3.63) is 10.8 Å². The minimum Gasteiger partial charge on any atom is -0.316 e. The second-order valence-corrected chi connectivity index (χ2v) is 14.5. The van der Waals surface area contributed by atoms with E-state index in [1.54, 1.807) is 10.8 Å². The molecule has 0 fully saturated rings. The number of rotatable bonds is 7. The highest BCUT2D eigenvalue weighted by Gasteiger charge is 2.41. The van der Waals surface area contributed by atoms with Gasteiger partial charge in [0.2, 0.25) is 0 Å². The fourth-order valence-corrected chi connectivity index (χ4v) is 9.22. The summed E-state index contributed by atoms with van der Waals surface area (Å²) in [5, 5.41) is 5.37. The second-order valence-electron chi connectivity index (χ2n) is 6.96. The van der Waals surface area contributed by atoms with E-state index in [-0.39, 0.29) is 0 Å². The van der Waals surface area contributed by atoms with Gasteiger partial charge in [0.15, 0.2) is 0 Å². The summed E-state index contributed by atoms with van der Waals surface area (Å²) in [6.07, 6.45) is 1.27. The van der Waals surface area contributed by atoms with Crippen molar-refractivity contribution in [3.63, 3.8) is 0 Å². The van der Waals surface area contributed by atoms with Gasteiger partial charge in [0, 0.05) is 16.8 Å². The van der Waals surface area contributed by atoms with Crippen LogP contribution in [-0.4, -0.2) is 31.0 Å². The quantitative estimate of drug-likeness (QED) is 0.707. The highest BCUT2D eigenvalue weighted by Crippen LogP contribution is 2.40. The van der Waals surface area contributed by atoms with E-state index in [4.69, 9.17) is 0 Å². The lowest BCUT2D eigenvalue weighted by Crippen LogP contribution is -2.53. The van der Waals surface area contributed by atoms with Crippen LogP contribution in [0.4, 0.5) is 0 Å². The fraction of sp³-hybridized carbons (Fsp3) is 0.867. The predicted molar refractivity (Wildman–Crippen MR) is 92.2 cm³/mol. The molecule has 0 aromatic rings. The molecule has 108 valence electrons. The van der Waals surface area contributed by atoms with Gasteiger partial charge in [-0.3, -0.25) is 0 Å². The van der Waals surface area contributed by atoms with Crippen LogP contribution in [0.5, 0.6) is 0 Å². The molecule has 0 saturated carbocycles. The highest BCUT2D eigenvalue weighted by molar-refractivity contribution is 6.83. The van der Waals surface area contributed by atoms with E-state index in [1.807, 2.05) is 0 Å². The third-order valence-corrected chi connectivity index (χ3v) is 13.1. The van der Waals surface area contributed by atoms with E-state index in [1.165, 1.54) is 16.4 Å². The first-order chi connectivity index (χ1) is 8.16. The number of nitrogens with one attached hydrogen (secondary N) is 1. The van der Waals surface area contributed by atoms with Gasteiger partial charge in [-0.1, -0.05) is 52.3 Å². The lowest BCUT2D eigenvalue weighted by Gasteiger charge is -2.43. The topological polar surface area (TPSA) is 12.0 Å². The molecular weight excluding hydrogens is 250 g/mol. The van der Waals surface area contributed by atoms with Gasteiger partial charge in [-0.15, -0.1) is 0 Å². The molecule has 0 aromatic heterocycles. The Bertz CT molecular complexity index is 254. The first kappa shape index (κ1) is 18.1. The van der Waals surface area contributed by atoms with Crippen LogP contribution in [0.15, 0.2) is 10.8 Å². The Morgan fingerprint density at radius 2 is 1.33 bits per heavy atom. The molecule has 0 aromatic carbocycles. The molecule has 0 aliphatic rings. The first-order valence-electron chi connectivity index (χ1n) is 7.49. The Balaban J connectivity index is 4.78. The van der Waals surface area contributed by atoms with Crippen LogP contribution < -0.4 is 5.32 Å². The van der Waals surface area contributed by atoms with Crippen LogP contribution in [0.25, 0.3) is 0 Å². The Morgan fingerprint density at radius 3 is 1.61 bits per heavy atom. The molecule has 0 saturated heterocycles. The Kier molecular flexibility index (Phi) is 7.71. The molecule has 0 radical (unpaired) electrons. The molecule has 0 amide bonds. The van der Waals surface area contributed by atoms with Crippen molar-refractivity contribution in [3.8, 4) is 0 Å². The van der Waals surface area contributed by atoms with Crippen molar-refractivity contribution >= 4 is 18.3 Å². The number of hydrogen-bond acceptors (Lipinski definition) is 1. The molecule has 0 bridgehead atoms. The van der Waals surface area contributed by atoms with Gasteiger partial charge >= 0.3 is 0 Å². The minimum atomic E-state index is -1.25. The van der Waals surface area contributed by atoms with Gasteiger partial charge in [-0.25, -0.2) is 0 Å². The summed E-state index contributed by atoms with van der Waals surface area (Å²) in [5.74, 6) is 0. The van der Waals surface area contributed by atoms with Crippen LogP contribution in [0.3, 0.4) is 0 Å². The van der Waals surface area contributed by atoms with Crippen molar-refractivity contribution in [2.24, 2.45) is 0 Å². The van der Waals surface area contributed by atoms with Gasteiger partial charge in [-0.2, -0.15) is 0 Å². The third-order valence-electron chi connectivity index (χ3n) is 4.90. The standard InChI is InChI=1S/C15H35NSi2/c1-11(2)18(12(3)4,13(5)6)10-16-9-14(7)15(8)17/h11-13,16H,9-10H2,1-8,17H3. The lowest BCUT2D eigenvalue weighted by molar-refractivity contribution is 0.737. The fourth-order valence-electron chi connectivity index (χ4n) is 3.26. The molecule has 0 atom stereocenters. The van der Waals surface area contributed by atoms with Crippen LogP contribution >= 0.6 is 0 Å². The van der Waals surface area contributed by atoms with E-state index in [0.29, 0.717) is 0 Å². The van der Waals surface area contributed by atoms with Gasteiger partial charge in [0.25, 0.3) is 0 Å². The van der Waals surface area contributed by atoms with Crippen LogP contribution in [0.1, 0.15) is 55.4 Å². The summed E-state index contributed by atoms with van der Waals surface area (Å²) >= 11 is 0. The van der Waals surface area contributed by atoms with Crippen molar-refractivity contribution in [1.29, 1.82) is 0 Å². The Hall–Kier alpha value is 0.134. The SMILES string of the molecule is CC([SiH3])=C(C)CNC[Si](C(C)C)(C(C)C)C(C)C. The predicted octanol–water partition coefficient (Wildman–Crippen LogP) is 3.45. The van der Waals surface area contributed by atoms with Gasteiger partial charge in [0.1, 0.15) is 0 Å². The highest BCUT2D eigenvalue weighted by atomic mass is 28.3. The molecule has 0 unspecified atom stereocenters. The van der Waals surface area contributed by atoms with E-state index in [2.05, 4.69) is 60.7 Å². The summed E-state index contributed by atoms with van der Waals surface area (Å²) in [4.78, 5) is 0. The van der Waals surface area contributed by atoms with E-state index < -0.39 is 8.07 Å². The molecule has 1 nitrogen and oxygen atoms in total. The third kappa shape index (κ3) is 4.35. The maximum atomic E-state index is 3.78. The largest absolute Gasteiger partial charge is 0.316 e. The van der Waals surface area contributed by atoms with Crippen LogP contribution in [0, 0.1) is 0 Å². The normalized spacial score (nSPS) is 14.8. The molecule has 0 spiro atoms. The molecule has 3 heteroatoms. The summed E-state index contributed by atoms with van der Waals surface area (Å²) in [5.41, 5.74) is 4.12. The average molecular weight is 286 g/mol. The molecule has 0 aliphatic heterocycles. The Morgan fingerprint density at radius 1 is 0.944 bits per heavy atom. The number of allylic oxidation sites excluding steroid dienone is 1. The molecule has 0 heterocycles. The molecule has 18 heavy (non-hydrogen) atoms. The zero-order valence-electron chi connectivity index (χ0n) is 14.1. The maximum Gasteiger partial charge on any atom is 0.0762 e. The summed E-state index contributed by atoms with van der Waals surface area (Å²) < 4.78 is 0. The smallest absolute Gasteiger partial charge is 0.0762 e. The second kappa shape index (κ2) is 7.66. The van der Waals surface area contributed by atoms with Gasteiger partial charge < -0.3 is 5.32 Å². The van der Waals surface area contributed by atoms with E-state index >= 15 is 0 Å². The minimum absolute atomic E-state index is 0.853. The summed E-state index contributed by atoms with van der Waals surface area (Å²) in [6, 6.07) is 0. The monoisotopic (exact) mass is 285 g/mol. The summed E-state index contributed by atoms with van der Waals surface area (Å²) in [7, 11) is -0.0517. The molecular formula is C15H35NSi2. The van der Waals surface area contributed by atoms with Gasteiger partial charge in [0.05, 0.1) is 8.07 Å². The first-order valence-corrected chi connectivity index (χ1v) is 10.9. The van der Waals surface area contributed by atoms with E-state index in [9.17, 15) is 0 Å². The summed E-state index contributed by atoms with van der Waals surface area (Å²) in [6.45, 7) is 20.3. The maximum absolute atomic E-state index is 3.78. The van der Waals surface area contributed by atoms with Crippen LogP contribution in [-0.2, 0) is 0 Å². The molecule has 0 aliphatic carbocycles. The Labute approximate surface area is 119 Å². The zero-order valence-corrected chi connectivity index (χ0v) is 17.1. The van der Waals surface area contributed by atoms with Crippen molar-refractivity contribution in [1.82, 2.24) is 5.32 Å². The zero-order chi connectivity index (χ0) is 14.5. The molecule has 0 rings (SSSR count). The van der Waals surface area contributed by atoms with E-state index in [0.717, 1.165) is 23.2 Å². The lowest BCUT2D eigenvalue weighted by atomic mass is 10.3. The van der Waals surface area contributed by atoms with Gasteiger partial charge in [-0.05, 0) is 36.6 Å².